The van der Waals surface area contributed by atoms with Gasteiger partial charge >= 0.3 is 5.97 Å². The second-order valence-corrected chi connectivity index (χ2v) is 6.27. The standard InChI is InChI=1S/C16H19NO3S/c18-16(19)8-6-12-5-7-14(15-4-2-10-21-15)17(12)11-13-3-1-9-20-13/h2,4-5,7,10,13H,1,3,6,8-9,11H2,(H,18,19)/t13-/m1/s1. The van der Waals surface area contributed by atoms with Crippen molar-refractivity contribution in [2.45, 2.75) is 38.3 Å². The Hall–Kier alpha value is -1.59. The fourth-order valence-corrected chi connectivity index (χ4v) is 3.57. The Bertz CT molecular complexity index is 597. The molecule has 0 amide bonds. The molecule has 2 aromatic heterocycles. The molecule has 1 N–H and O–H groups in total. The molecule has 3 rings (SSSR count). The number of hydrogen-bond acceptors (Lipinski definition) is 3. The molecule has 0 aromatic carbocycles. The minimum Gasteiger partial charge on any atom is -0.481 e. The van der Waals surface area contributed by atoms with E-state index < -0.39 is 5.97 Å². The van der Waals surface area contributed by atoms with Gasteiger partial charge in [-0.3, -0.25) is 4.79 Å². The molecule has 2 aromatic rings. The van der Waals surface area contributed by atoms with E-state index in [0.29, 0.717) is 6.42 Å². The zero-order chi connectivity index (χ0) is 14.7. The molecule has 0 radical (unpaired) electrons. The second kappa shape index (κ2) is 6.45. The molecular formula is C16H19NO3S. The van der Waals surface area contributed by atoms with E-state index in [0.717, 1.165) is 31.7 Å². The van der Waals surface area contributed by atoms with Crippen LogP contribution in [0.15, 0.2) is 29.6 Å². The zero-order valence-electron chi connectivity index (χ0n) is 11.8. The highest BCUT2D eigenvalue weighted by Gasteiger charge is 2.20. The van der Waals surface area contributed by atoms with E-state index in [4.69, 9.17) is 9.84 Å². The number of ether oxygens (including phenoxy) is 1. The normalized spacial score (nSPS) is 18.2. The maximum Gasteiger partial charge on any atom is 0.303 e. The van der Waals surface area contributed by atoms with E-state index in [1.165, 1.54) is 10.6 Å². The highest BCUT2D eigenvalue weighted by Crippen LogP contribution is 2.29. The van der Waals surface area contributed by atoms with Gasteiger partial charge in [-0.1, -0.05) is 6.07 Å². The molecule has 1 atom stereocenters. The summed E-state index contributed by atoms with van der Waals surface area (Å²) < 4.78 is 7.99. The lowest BCUT2D eigenvalue weighted by Crippen LogP contribution is -2.17. The number of hydrogen-bond donors (Lipinski definition) is 1. The first-order valence-electron chi connectivity index (χ1n) is 7.30. The van der Waals surface area contributed by atoms with Crippen LogP contribution in [0.3, 0.4) is 0 Å². The molecule has 21 heavy (non-hydrogen) atoms. The molecule has 1 saturated heterocycles. The number of aliphatic carboxylic acids is 1. The molecule has 1 fully saturated rings. The zero-order valence-corrected chi connectivity index (χ0v) is 12.6. The minimum absolute atomic E-state index is 0.166. The van der Waals surface area contributed by atoms with Crippen LogP contribution in [0.2, 0.25) is 0 Å². The van der Waals surface area contributed by atoms with E-state index >= 15 is 0 Å². The summed E-state index contributed by atoms with van der Waals surface area (Å²) in [7, 11) is 0. The van der Waals surface area contributed by atoms with Gasteiger partial charge in [-0.05, 0) is 42.8 Å². The van der Waals surface area contributed by atoms with Crippen LogP contribution in [0.4, 0.5) is 0 Å². The average molecular weight is 305 g/mol. The van der Waals surface area contributed by atoms with E-state index in [9.17, 15) is 4.79 Å². The predicted molar refractivity (Wildman–Crippen MR) is 82.7 cm³/mol. The van der Waals surface area contributed by atoms with E-state index in [2.05, 4.69) is 22.1 Å². The van der Waals surface area contributed by atoms with Gasteiger partial charge in [0.05, 0.1) is 23.1 Å². The number of carboxylic acid groups (broad SMARTS) is 1. The van der Waals surface area contributed by atoms with Gasteiger partial charge in [0.15, 0.2) is 0 Å². The van der Waals surface area contributed by atoms with Crippen LogP contribution >= 0.6 is 11.3 Å². The number of carbonyl (C=O) groups is 1. The highest BCUT2D eigenvalue weighted by molar-refractivity contribution is 7.13. The largest absolute Gasteiger partial charge is 0.481 e. The fourth-order valence-electron chi connectivity index (χ4n) is 2.81. The Morgan fingerprint density at radius 3 is 3.00 bits per heavy atom. The molecule has 0 aliphatic carbocycles. The van der Waals surface area contributed by atoms with Crippen LogP contribution in [0.5, 0.6) is 0 Å². The minimum atomic E-state index is -0.752. The third-order valence-electron chi connectivity index (χ3n) is 3.85. The molecule has 1 aliphatic rings. The summed E-state index contributed by atoms with van der Waals surface area (Å²) in [4.78, 5) is 12.0. The smallest absolute Gasteiger partial charge is 0.303 e. The van der Waals surface area contributed by atoms with Crippen LogP contribution in [-0.2, 0) is 22.5 Å². The number of rotatable bonds is 6. The van der Waals surface area contributed by atoms with E-state index in [1.54, 1.807) is 11.3 Å². The van der Waals surface area contributed by atoms with Crippen molar-refractivity contribution < 1.29 is 14.6 Å². The van der Waals surface area contributed by atoms with Gasteiger partial charge in [0.25, 0.3) is 0 Å². The molecule has 5 heteroatoms. The van der Waals surface area contributed by atoms with Crippen LogP contribution in [0, 0.1) is 0 Å². The summed E-state index contributed by atoms with van der Waals surface area (Å²) in [5.74, 6) is -0.752. The first kappa shape index (κ1) is 14.4. The molecule has 0 saturated carbocycles. The SMILES string of the molecule is O=C(O)CCc1ccc(-c2cccs2)n1C[C@H]1CCCO1. The first-order chi connectivity index (χ1) is 10.2. The molecule has 0 bridgehead atoms. The maximum absolute atomic E-state index is 10.8. The second-order valence-electron chi connectivity index (χ2n) is 5.33. The monoisotopic (exact) mass is 305 g/mol. The highest BCUT2D eigenvalue weighted by atomic mass is 32.1. The summed E-state index contributed by atoms with van der Waals surface area (Å²) >= 11 is 1.71. The number of carboxylic acids is 1. The van der Waals surface area contributed by atoms with Crippen LogP contribution in [-0.4, -0.2) is 28.4 Å². The molecular weight excluding hydrogens is 286 g/mol. The number of aryl methyl sites for hydroxylation is 1. The molecule has 3 heterocycles. The van der Waals surface area contributed by atoms with E-state index in [1.807, 2.05) is 12.1 Å². The van der Waals surface area contributed by atoms with Crippen LogP contribution in [0.1, 0.15) is 25.0 Å². The Morgan fingerprint density at radius 2 is 2.33 bits per heavy atom. The number of thiophene rings is 1. The van der Waals surface area contributed by atoms with Crippen molar-refractivity contribution in [1.29, 1.82) is 0 Å². The first-order valence-corrected chi connectivity index (χ1v) is 8.17. The molecule has 1 aliphatic heterocycles. The Balaban J connectivity index is 1.86. The topological polar surface area (TPSA) is 51.5 Å². The van der Waals surface area contributed by atoms with Crippen molar-refractivity contribution in [2.75, 3.05) is 6.61 Å². The van der Waals surface area contributed by atoms with Gasteiger partial charge in [-0.2, -0.15) is 0 Å². The van der Waals surface area contributed by atoms with Crippen molar-refractivity contribution in [2.24, 2.45) is 0 Å². The van der Waals surface area contributed by atoms with Gasteiger partial charge in [0.1, 0.15) is 0 Å². The molecule has 0 spiro atoms. The average Bonchev–Trinajstić information content (AvgIpc) is 3.18. The summed E-state index contributed by atoms with van der Waals surface area (Å²) in [5, 5.41) is 11.0. The molecule has 112 valence electrons. The fraction of sp³-hybridized carbons (Fsp3) is 0.438. The Labute approximate surface area is 128 Å². The number of nitrogens with zero attached hydrogens (tertiary/aromatic N) is 1. The quantitative estimate of drug-likeness (QED) is 0.889. The van der Waals surface area contributed by atoms with Crippen molar-refractivity contribution in [1.82, 2.24) is 4.57 Å². The van der Waals surface area contributed by atoms with Gasteiger partial charge in [0, 0.05) is 18.8 Å². The Morgan fingerprint density at radius 1 is 1.43 bits per heavy atom. The third-order valence-corrected chi connectivity index (χ3v) is 4.74. The lowest BCUT2D eigenvalue weighted by atomic mass is 10.2. The third kappa shape index (κ3) is 3.36. The van der Waals surface area contributed by atoms with Crippen molar-refractivity contribution in [3.8, 4) is 10.6 Å². The maximum atomic E-state index is 10.8. The van der Waals surface area contributed by atoms with Crippen molar-refractivity contribution >= 4 is 17.3 Å². The van der Waals surface area contributed by atoms with Crippen molar-refractivity contribution in [3.63, 3.8) is 0 Å². The summed E-state index contributed by atoms with van der Waals surface area (Å²) in [5.41, 5.74) is 2.25. The predicted octanol–water partition coefficient (Wildman–Crippen LogP) is 3.41. The Kier molecular flexibility index (Phi) is 4.41. The lowest BCUT2D eigenvalue weighted by molar-refractivity contribution is -0.136. The van der Waals surface area contributed by atoms with Crippen LogP contribution < -0.4 is 0 Å². The number of aromatic nitrogens is 1. The van der Waals surface area contributed by atoms with Gasteiger partial charge in [0.2, 0.25) is 0 Å². The summed E-state index contributed by atoms with van der Waals surface area (Å²) in [6.07, 6.45) is 3.18. The summed E-state index contributed by atoms with van der Waals surface area (Å²) in [6, 6.07) is 8.29. The summed E-state index contributed by atoms with van der Waals surface area (Å²) in [6.45, 7) is 1.65. The van der Waals surface area contributed by atoms with Crippen LogP contribution in [0.25, 0.3) is 10.6 Å². The molecule has 0 unspecified atom stereocenters. The van der Waals surface area contributed by atoms with Gasteiger partial charge < -0.3 is 14.4 Å². The van der Waals surface area contributed by atoms with Gasteiger partial charge in [-0.15, -0.1) is 11.3 Å². The van der Waals surface area contributed by atoms with E-state index in [-0.39, 0.29) is 12.5 Å². The van der Waals surface area contributed by atoms with Gasteiger partial charge in [-0.25, -0.2) is 0 Å². The lowest BCUT2D eigenvalue weighted by Gasteiger charge is -2.17. The van der Waals surface area contributed by atoms with Crippen molar-refractivity contribution in [3.05, 3.63) is 35.3 Å². The molecule has 4 nitrogen and oxygen atoms in total.